The van der Waals surface area contributed by atoms with E-state index in [9.17, 15) is 4.79 Å². The SMILES string of the molecule is CCc1ccccc1OCCOCCn1c(-c2ccc(OC)cc2)nc2ccccc2c1=O. The first-order valence-corrected chi connectivity index (χ1v) is 11.1. The number of benzene rings is 3. The molecule has 0 aliphatic heterocycles. The van der Waals surface area contributed by atoms with Gasteiger partial charge >= 0.3 is 0 Å². The van der Waals surface area contributed by atoms with Crippen LogP contribution in [0.2, 0.25) is 0 Å². The third-order valence-corrected chi connectivity index (χ3v) is 5.51. The lowest BCUT2D eigenvalue weighted by molar-refractivity contribution is 0.0938. The minimum absolute atomic E-state index is 0.0804. The summed E-state index contributed by atoms with van der Waals surface area (Å²) in [5, 5.41) is 0.592. The number of aryl methyl sites for hydroxylation is 1. The average molecular weight is 445 g/mol. The van der Waals surface area contributed by atoms with E-state index in [1.54, 1.807) is 17.7 Å². The van der Waals surface area contributed by atoms with Gasteiger partial charge in [-0.25, -0.2) is 4.98 Å². The Balaban J connectivity index is 1.47. The Morgan fingerprint density at radius 3 is 2.42 bits per heavy atom. The molecule has 0 radical (unpaired) electrons. The molecule has 0 bridgehead atoms. The Kier molecular flexibility index (Phi) is 7.37. The predicted octanol–water partition coefficient (Wildman–Crippen LogP) is 4.73. The molecule has 0 atom stereocenters. The van der Waals surface area contributed by atoms with E-state index in [0.717, 1.165) is 23.5 Å². The summed E-state index contributed by atoms with van der Waals surface area (Å²) in [5.74, 6) is 2.25. The molecule has 1 aromatic heterocycles. The van der Waals surface area contributed by atoms with Crippen LogP contribution in [0.15, 0.2) is 77.6 Å². The average Bonchev–Trinajstić information content (AvgIpc) is 2.87. The van der Waals surface area contributed by atoms with Crippen molar-refractivity contribution in [1.82, 2.24) is 9.55 Å². The fourth-order valence-corrected chi connectivity index (χ4v) is 3.74. The lowest BCUT2D eigenvalue weighted by atomic mass is 10.1. The molecule has 3 aromatic carbocycles. The molecule has 0 aliphatic rings. The van der Waals surface area contributed by atoms with Crippen LogP contribution in [0.4, 0.5) is 0 Å². The van der Waals surface area contributed by atoms with Crippen LogP contribution < -0.4 is 15.0 Å². The van der Waals surface area contributed by atoms with Crippen molar-refractivity contribution in [3.8, 4) is 22.9 Å². The van der Waals surface area contributed by atoms with E-state index in [2.05, 4.69) is 13.0 Å². The molecule has 170 valence electrons. The first kappa shape index (κ1) is 22.6. The highest BCUT2D eigenvalue weighted by molar-refractivity contribution is 5.79. The van der Waals surface area contributed by atoms with Crippen molar-refractivity contribution in [3.63, 3.8) is 0 Å². The van der Waals surface area contributed by atoms with E-state index < -0.39 is 0 Å². The molecule has 0 saturated heterocycles. The predicted molar refractivity (Wildman–Crippen MR) is 130 cm³/mol. The normalized spacial score (nSPS) is 11.0. The number of rotatable bonds is 10. The third kappa shape index (κ3) is 5.23. The van der Waals surface area contributed by atoms with Crippen LogP contribution >= 0.6 is 0 Å². The molecular weight excluding hydrogens is 416 g/mol. The Bertz CT molecular complexity index is 1270. The van der Waals surface area contributed by atoms with Gasteiger partial charge in [-0.1, -0.05) is 37.3 Å². The zero-order chi connectivity index (χ0) is 23.0. The van der Waals surface area contributed by atoms with Crippen LogP contribution in [0.3, 0.4) is 0 Å². The third-order valence-electron chi connectivity index (χ3n) is 5.51. The van der Waals surface area contributed by atoms with Gasteiger partial charge in [0, 0.05) is 5.56 Å². The van der Waals surface area contributed by atoms with Crippen molar-refractivity contribution in [2.75, 3.05) is 26.9 Å². The molecule has 4 aromatic rings. The van der Waals surface area contributed by atoms with Gasteiger partial charge in [0.2, 0.25) is 0 Å². The van der Waals surface area contributed by atoms with Gasteiger partial charge in [0.05, 0.1) is 37.8 Å². The van der Waals surface area contributed by atoms with E-state index in [4.69, 9.17) is 19.2 Å². The van der Waals surface area contributed by atoms with Crippen molar-refractivity contribution in [2.45, 2.75) is 19.9 Å². The van der Waals surface area contributed by atoms with Gasteiger partial charge in [0.15, 0.2) is 0 Å². The second-order valence-corrected chi connectivity index (χ2v) is 7.56. The Morgan fingerprint density at radius 2 is 1.64 bits per heavy atom. The summed E-state index contributed by atoms with van der Waals surface area (Å²) in [6.45, 7) is 3.76. The van der Waals surface area contributed by atoms with Crippen molar-refractivity contribution in [1.29, 1.82) is 0 Å². The minimum atomic E-state index is -0.0804. The first-order chi connectivity index (χ1) is 16.2. The largest absolute Gasteiger partial charge is 0.497 e. The Hall–Kier alpha value is -3.64. The summed E-state index contributed by atoms with van der Waals surface area (Å²) in [7, 11) is 1.63. The molecule has 0 N–H and O–H groups in total. The molecule has 0 spiro atoms. The van der Waals surface area contributed by atoms with E-state index in [0.29, 0.717) is 43.1 Å². The Morgan fingerprint density at radius 1 is 0.879 bits per heavy atom. The molecule has 4 rings (SSSR count). The second-order valence-electron chi connectivity index (χ2n) is 7.56. The van der Waals surface area contributed by atoms with Crippen molar-refractivity contribution in [2.24, 2.45) is 0 Å². The fourth-order valence-electron chi connectivity index (χ4n) is 3.74. The number of aromatic nitrogens is 2. The van der Waals surface area contributed by atoms with E-state index in [1.165, 1.54) is 5.56 Å². The smallest absolute Gasteiger partial charge is 0.261 e. The summed E-state index contributed by atoms with van der Waals surface area (Å²) in [6, 6.07) is 23.0. The zero-order valence-electron chi connectivity index (χ0n) is 19.0. The quantitative estimate of drug-likeness (QED) is 0.331. The standard InChI is InChI=1S/C27H28N2O4/c1-3-20-8-4-7-11-25(20)33-19-18-32-17-16-29-26(21-12-14-22(31-2)15-13-21)28-24-10-6-5-9-23(24)27(29)30/h4-15H,3,16-19H2,1-2H3. The van der Waals surface area contributed by atoms with Crippen LogP contribution in [0.25, 0.3) is 22.3 Å². The number of nitrogens with zero attached hydrogens (tertiary/aromatic N) is 2. The van der Waals surface area contributed by atoms with Crippen LogP contribution in [-0.2, 0) is 17.7 Å². The van der Waals surface area contributed by atoms with Crippen molar-refractivity contribution in [3.05, 3.63) is 88.7 Å². The number of hydrogen-bond donors (Lipinski definition) is 0. The molecule has 33 heavy (non-hydrogen) atoms. The molecule has 0 amide bonds. The van der Waals surface area contributed by atoms with Crippen LogP contribution in [0.1, 0.15) is 12.5 Å². The van der Waals surface area contributed by atoms with Crippen molar-refractivity contribution >= 4 is 10.9 Å². The number of ether oxygens (including phenoxy) is 3. The topological polar surface area (TPSA) is 62.6 Å². The maximum absolute atomic E-state index is 13.2. The van der Waals surface area contributed by atoms with Gasteiger partial charge < -0.3 is 14.2 Å². The summed E-state index contributed by atoms with van der Waals surface area (Å²) >= 11 is 0. The monoisotopic (exact) mass is 444 g/mol. The number of para-hydroxylation sites is 2. The van der Waals surface area contributed by atoms with Crippen LogP contribution in [0, 0.1) is 0 Å². The molecule has 0 fully saturated rings. The van der Waals surface area contributed by atoms with Gasteiger partial charge in [-0.05, 0) is 54.4 Å². The number of hydrogen-bond acceptors (Lipinski definition) is 5. The minimum Gasteiger partial charge on any atom is -0.497 e. The van der Waals surface area contributed by atoms with E-state index in [1.807, 2.05) is 60.7 Å². The van der Waals surface area contributed by atoms with Gasteiger partial charge in [0.25, 0.3) is 5.56 Å². The molecule has 6 nitrogen and oxygen atoms in total. The van der Waals surface area contributed by atoms with Gasteiger partial charge in [-0.3, -0.25) is 9.36 Å². The van der Waals surface area contributed by atoms with Crippen molar-refractivity contribution < 1.29 is 14.2 Å². The first-order valence-electron chi connectivity index (χ1n) is 11.1. The molecule has 0 saturated carbocycles. The summed E-state index contributed by atoms with van der Waals surface area (Å²) in [6.07, 6.45) is 0.920. The fraction of sp³-hybridized carbons (Fsp3) is 0.259. The molecule has 1 heterocycles. The van der Waals surface area contributed by atoms with Gasteiger partial charge in [-0.2, -0.15) is 0 Å². The van der Waals surface area contributed by atoms with Crippen LogP contribution in [-0.4, -0.2) is 36.5 Å². The molecule has 0 unspecified atom stereocenters. The summed E-state index contributed by atoms with van der Waals surface area (Å²) < 4.78 is 18.6. The number of methoxy groups -OCH3 is 1. The second kappa shape index (κ2) is 10.8. The molecular formula is C27H28N2O4. The van der Waals surface area contributed by atoms with Gasteiger partial charge in [0.1, 0.15) is 23.9 Å². The molecule has 6 heteroatoms. The summed E-state index contributed by atoms with van der Waals surface area (Å²) in [5.41, 5.74) is 2.62. The molecule has 0 aliphatic carbocycles. The highest BCUT2D eigenvalue weighted by atomic mass is 16.5. The summed E-state index contributed by atoms with van der Waals surface area (Å²) in [4.78, 5) is 18.0. The Labute approximate surface area is 193 Å². The van der Waals surface area contributed by atoms with Gasteiger partial charge in [-0.15, -0.1) is 0 Å². The highest BCUT2D eigenvalue weighted by Crippen LogP contribution is 2.22. The lowest BCUT2D eigenvalue weighted by Gasteiger charge is -2.15. The maximum Gasteiger partial charge on any atom is 0.261 e. The van der Waals surface area contributed by atoms with E-state index in [-0.39, 0.29) is 5.56 Å². The van der Waals surface area contributed by atoms with Crippen LogP contribution in [0.5, 0.6) is 11.5 Å². The highest BCUT2D eigenvalue weighted by Gasteiger charge is 2.13. The van der Waals surface area contributed by atoms with E-state index >= 15 is 0 Å². The lowest BCUT2D eigenvalue weighted by Crippen LogP contribution is -2.26. The maximum atomic E-state index is 13.2. The zero-order valence-corrected chi connectivity index (χ0v) is 19.0. The number of fused-ring (bicyclic) bond motifs is 1.